The Morgan fingerprint density at radius 3 is 2.54 bits per heavy atom. The zero-order chi connectivity index (χ0) is 19.5. The summed E-state index contributed by atoms with van der Waals surface area (Å²) in [7, 11) is 0. The SMILES string of the molecule is C[C@H](Oc1cc(F)ccc1[N+](=O)[O-])C(=O)Nc1cccc(C(F)(F)F)c1. The topological polar surface area (TPSA) is 81.5 Å². The number of nitro benzene ring substituents is 1. The number of rotatable bonds is 5. The summed E-state index contributed by atoms with van der Waals surface area (Å²) in [4.78, 5) is 22.2. The highest BCUT2D eigenvalue weighted by molar-refractivity contribution is 5.94. The number of nitrogens with one attached hydrogen (secondary N) is 1. The molecule has 0 aliphatic carbocycles. The molecule has 0 saturated carbocycles. The number of hydrogen-bond acceptors (Lipinski definition) is 4. The minimum absolute atomic E-state index is 0.131. The van der Waals surface area contributed by atoms with Crippen LogP contribution in [0, 0.1) is 15.9 Å². The van der Waals surface area contributed by atoms with Crippen molar-refractivity contribution in [2.45, 2.75) is 19.2 Å². The molecule has 1 atom stereocenters. The first-order chi connectivity index (χ1) is 12.1. The average molecular weight is 372 g/mol. The molecule has 0 unspecified atom stereocenters. The maximum Gasteiger partial charge on any atom is 0.416 e. The van der Waals surface area contributed by atoms with E-state index in [2.05, 4.69) is 5.32 Å². The molecule has 0 spiro atoms. The van der Waals surface area contributed by atoms with Crippen molar-refractivity contribution >= 4 is 17.3 Å². The van der Waals surface area contributed by atoms with E-state index in [0.717, 1.165) is 36.4 Å². The van der Waals surface area contributed by atoms with Crippen molar-refractivity contribution in [2.75, 3.05) is 5.32 Å². The normalized spacial score (nSPS) is 12.3. The van der Waals surface area contributed by atoms with E-state index in [1.165, 1.54) is 13.0 Å². The van der Waals surface area contributed by atoms with Crippen LogP contribution in [0.25, 0.3) is 0 Å². The monoisotopic (exact) mass is 372 g/mol. The fraction of sp³-hybridized carbons (Fsp3) is 0.188. The van der Waals surface area contributed by atoms with Crippen LogP contribution in [0.5, 0.6) is 5.75 Å². The molecule has 0 bridgehead atoms. The summed E-state index contributed by atoms with van der Waals surface area (Å²) in [5.41, 5.74) is -1.64. The molecule has 1 amide bonds. The maximum atomic E-state index is 13.3. The zero-order valence-corrected chi connectivity index (χ0v) is 13.2. The molecular weight excluding hydrogens is 360 g/mol. The van der Waals surface area contributed by atoms with Gasteiger partial charge in [-0.2, -0.15) is 13.2 Å². The van der Waals surface area contributed by atoms with Gasteiger partial charge in [0.25, 0.3) is 5.91 Å². The Morgan fingerprint density at radius 2 is 1.92 bits per heavy atom. The lowest BCUT2D eigenvalue weighted by atomic mass is 10.2. The van der Waals surface area contributed by atoms with Crippen LogP contribution in [-0.2, 0) is 11.0 Å². The Hall–Kier alpha value is -3.17. The van der Waals surface area contributed by atoms with Gasteiger partial charge in [0.05, 0.1) is 10.5 Å². The highest BCUT2D eigenvalue weighted by atomic mass is 19.4. The zero-order valence-electron chi connectivity index (χ0n) is 13.2. The first-order valence-corrected chi connectivity index (χ1v) is 7.16. The molecule has 138 valence electrons. The van der Waals surface area contributed by atoms with E-state index in [0.29, 0.717) is 0 Å². The maximum absolute atomic E-state index is 13.3. The molecule has 1 N–H and O–H groups in total. The summed E-state index contributed by atoms with van der Waals surface area (Å²) in [6.07, 6.45) is -5.91. The first kappa shape index (κ1) is 19.2. The van der Waals surface area contributed by atoms with E-state index in [9.17, 15) is 32.5 Å². The Labute approximate surface area is 144 Å². The number of nitro groups is 1. The van der Waals surface area contributed by atoms with Crippen molar-refractivity contribution in [1.82, 2.24) is 0 Å². The lowest BCUT2D eigenvalue weighted by molar-refractivity contribution is -0.386. The van der Waals surface area contributed by atoms with Gasteiger partial charge in [0, 0.05) is 17.8 Å². The highest BCUT2D eigenvalue weighted by Gasteiger charge is 2.30. The summed E-state index contributed by atoms with van der Waals surface area (Å²) in [5, 5.41) is 13.1. The van der Waals surface area contributed by atoms with E-state index in [4.69, 9.17) is 4.74 Å². The van der Waals surface area contributed by atoms with Gasteiger partial charge in [-0.05, 0) is 31.2 Å². The van der Waals surface area contributed by atoms with Gasteiger partial charge in [-0.3, -0.25) is 14.9 Å². The van der Waals surface area contributed by atoms with Crippen molar-refractivity contribution in [2.24, 2.45) is 0 Å². The lowest BCUT2D eigenvalue weighted by Crippen LogP contribution is -2.30. The molecule has 0 aliphatic heterocycles. The number of ether oxygens (including phenoxy) is 1. The number of amides is 1. The van der Waals surface area contributed by atoms with Gasteiger partial charge in [-0.1, -0.05) is 6.07 Å². The standard InChI is InChI=1S/C16H12F4N2O4/c1-9(26-14-8-11(17)5-6-13(14)22(24)25)15(23)21-12-4-2-3-10(7-12)16(18,19)20/h2-9H,1H3,(H,21,23)/t9-/m0/s1. The minimum atomic E-state index is -4.58. The summed E-state index contributed by atoms with van der Waals surface area (Å²) in [6, 6.07) is 6.40. The van der Waals surface area contributed by atoms with E-state index in [-0.39, 0.29) is 5.69 Å². The molecule has 2 aromatic rings. The van der Waals surface area contributed by atoms with Crippen molar-refractivity contribution in [3.63, 3.8) is 0 Å². The molecule has 0 radical (unpaired) electrons. The minimum Gasteiger partial charge on any atom is -0.474 e. The van der Waals surface area contributed by atoms with E-state index >= 15 is 0 Å². The number of benzene rings is 2. The number of carbonyl (C=O) groups is 1. The van der Waals surface area contributed by atoms with Crippen molar-refractivity contribution in [3.05, 3.63) is 64.0 Å². The Bertz CT molecular complexity index is 839. The second-order valence-corrected chi connectivity index (χ2v) is 5.20. The Balaban J connectivity index is 2.14. The van der Waals surface area contributed by atoms with Crippen LogP contribution >= 0.6 is 0 Å². The molecule has 0 heterocycles. The van der Waals surface area contributed by atoms with Crippen LogP contribution in [0.4, 0.5) is 28.9 Å². The molecule has 2 rings (SSSR count). The molecule has 10 heteroatoms. The van der Waals surface area contributed by atoms with Crippen LogP contribution in [0.2, 0.25) is 0 Å². The van der Waals surface area contributed by atoms with Gasteiger partial charge >= 0.3 is 11.9 Å². The molecule has 0 aliphatic rings. The third kappa shape index (κ3) is 4.68. The number of nitrogens with zero attached hydrogens (tertiary/aromatic N) is 1. The number of anilines is 1. The number of alkyl halides is 3. The van der Waals surface area contributed by atoms with Crippen LogP contribution in [0.15, 0.2) is 42.5 Å². The van der Waals surface area contributed by atoms with Gasteiger partial charge in [0.1, 0.15) is 5.82 Å². The highest BCUT2D eigenvalue weighted by Crippen LogP contribution is 2.31. The second-order valence-electron chi connectivity index (χ2n) is 5.20. The van der Waals surface area contributed by atoms with Crippen molar-refractivity contribution in [3.8, 4) is 5.75 Å². The predicted molar refractivity (Wildman–Crippen MR) is 83.2 cm³/mol. The van der Waals surface area contributed by atoms with Gasteiger partial charge in [0.2, 0.25) is 5.75 Å². The van der Waals surface area contributed by atoms with Gasteiger partial charge in [-0.15, -0.1) is 0 Å². The Morgan fingerprint density at radius 1 is 1.23 bits per heavy atom. The van der Waals surface area contributed by atoms with E-state index in [1.807, 2.05) is 0 Å². The van der Waals surface area contributed by atoms with Gasteiger partial charge in [0.15, 0.2) is 6.10 Å². The first-order valence-electron chi connectivity index (χ1n) is 7.16. The van der Waals surface area contributed by atoms with E-state index < -0.39 is 45.9 Å². The van der Waals surface area contributed by atoms with Crippen LogP contribution in [0.1, 0.15) is 12.5 Å². The molecule has 2 aromatic carbocycles. The van der Waals surface area contributed by atoms with Gasteiger partial charge in [-0.25, -0.2) is 4.39 Å². The van der Waals surface area contributed by atoms with Crippen LogP contribution in [-0.4, -0.2) is 16.9 Å². The average Bonchev–Trinajstić information content (AvgIpc) is 2.54. The van der Waals surface area contributed by atoms with Crippen LogP contribution < -0.4 is 10.1 Å². The van der Waals surface area contributed by atoms with Gasteiger partial charge < -0.3 is 10.1 Å². The van der Waals surface area contributed by atoms with Crippen molar-refractivity contribution in [1.29, 1.82) is 0 Å². The molecule has 0 fully saturated rings. The van der Waals surface area contributed by atoms with Crippen molar-refractivity contribution < 1.29 is 32.0 Å². The summed E-state index contributed by atoms with van der Waals surface area (Å²) in [6.45, 7) is 1.22. The molecule has 26 heavy (non-hydrogen) atoms. The quantitative estimate of drug-likeness (QED) is 0.485. The smallest absolute Gasteiger partial charge is 0.416 e. The predicted octanol–water partition coefficient (Wildman–Crippen LogP) is 4.16. The largest absolute Gasteiger partial charge is 0.474 e. The number of halogens is 4. The summed E-state index contributed by atoms with van der Waals surface area (Å²) < 4.78 is 56.4. The molecule has 0 saturated heterocycles. The van der Waals surface area contributed by atoms with Crippen LogP contribution in [0.3, 0.4) is 0 Å². The fourth-order valence-electron chi connectivity index (χ4n) is 1.99. The third-order valence-corrected chi connectivity index (χ3v) is 3.25. The number of hydrogen-bond donors (Lipinski definition) is 1. The number of carbonyl (C=O) groups excluding carboxylic acids is 1. The Kier molecular flexibility index (Phi) is 5.44. The second kappa shape index (κ2) is 7.38. The molecule has 6 nitrogen and oxygen atoms in total. The third-order valence-electron chi connectivity index (χ3n) is 3.25. The summed E-state index contributed by atoms with van der Waals surface area (Å²) >= 11 is 0. The van der Waals surface area contributed by atoms with E-state index in [1.54, 1.807) is 0 Å². The molecule has 0 aromatic heterocycles. The lowest BCUT2D eigenvalue weighted by Gasteiger charge is -2.15. The fourth-order valence-corrected chi connectivity index (χ4v) is 1.99. The molecular formula is C16H12F4N2O4. The summed E-state index contributed by atoms with van der Waals surface area (Å²) in [5.74, 6) is -2.14.